The number of hydrogen-bond donors (Lipinski definition) is 3. The Hall–Kier alpha value is -2.22. The predicted octanol–water partition coefficient (Wildman–Crippen LogP) is 10.7. The molecule has 0 rings (SSSR count). The summed E-state index contributed by atoms with van der Waals surface area (Å²) in [5.41, 5.74) is 0. The Morgan fingerprint density at radius 1 is 0.596 bits per heavy atom. The highest BCUT2D eigenvalue weighted by molar-refractivity contribution is 7.85. The van der Waals surface area contributed by atoms with Crippen LogP contribution in [0.2, 0.25) is 0 Å². The Labute approximate surface area is 289 Å². The number of nitrogens with one attached hydrogen (secondary N) is 1. The summed E-state index contributed by atoms with van der Waals surface area (Å²) < 4.78 is 32.4. The van der Waals surface area contributed by atoms with Gasteiger partial charge in [-0.25, -0.2) is 0 Å². The van der Waals surface area contributed by atoms with Crippen LogP contribution in [-0.4, -0.2) is 41.9 Å². The van der Waals surface area contributed by atoms with Crippen molar-refractivity contribution in [2.45, 2.75) is 167 Å². The van der Waals surface area contributed by atoms with E-state index >= 15 is 0 Å². The van der Waals surface area contributed by atoms with Crippen molar-refractivity contribution in [3.63, 3.8) is 0 Å². The topological polar surface area (TPSA) is 104 Å². The van der Waals surface area contributed by atoms with Gasteiger partial charge in [0.25, 0.3) is 10.1 Å². The smallest absolute Gasteiger partial charge is 0.267 e. The molecule has 1 amide bonds. The number of rotatable bonds is 32. The van der Waals surface area contributed by atoms with Crippen LogP contribution >= 0.6 is 0 Å². The van der Waals surface area contributed by atoms with E-state index in [-0.39, 0.29) is 12.3 Å². The highest BCUT2D eigenvalue weighted by atomic mass is 32.2. The maximum absolute atomic E-state index is 12.5. The van der Waals surface area contributed by atoms with Crippen molar-refractivity contribution in [2.24, 2.45) is 0 Å². The molecule has 0 bridgehead atoms. The molecular weight excluding hydrogens is 607 g/mol. The van der Waals surface area contributed by atoms with Gasteiger partial charge in [-0.1, -0.05) is 157 Å². The van der Waals surface area contributed by atoms with Crippen LogP contribution in [0.3, 0.4) is 0 Å². The van der Waals surface area contributed by atoms with E-state index in [2.05, 4.69) is 79.9 Å². The lowest BCUT2D eigenvalue weighted by Crippen LogP contribution is -2.46. The fraction of sp³-hybridized carbons (Fsp3) is 0.675. The minimum Gasteiger partial charge on any atom is -0.387 e. The summed E-state index contributed by atoms with van der Waals surface area (Å²) in [6.45, 7) is 4.38. The Kier molecular flexibility index (Phi) is 32.1. The van der Waals surface area contributed by atoms with Crippen molar-refractivity contribution in [1.82, 2.24) is 5.32 Å². The molecule has 0 saturated carbocycles. The zero-order chi connectivity index (χ0) is 34.7. The third-order valence-corrected chi connectivity index (χ3v) is 8.67. The number of unbranched alkanes of at least 4 members (excludes halogenated alkanes) is 14. The van der Waals surface area contributed by atoms with Crippen LogP contribution in [0.25, 0.3) is 0 Å². The molecule has 6 nitrogen and oxygen atoms in total. The molecule has 0 aromatic heterocycles. The molecular formula is C40H69NO5S. The number of amides is 1. The SMILES string of the molecule is CC/C=C\C/C=C\C/C=C\C/C=C\C/C=C\CCCCCC(=O)NC(CS(=O)(=O)O)C(O)/C=C/CCCCCCCCCCCCC. The highest BCUT2D eigenvalue weighted by Gasteiger charge is 2.24. The van der Waals surface area contributed by atoms with Crippen LogP contribution in [0.4, 0.5) is 0 Å². The minimum absolute atomic E-state index is 0.253. The molecule has 2 atom stereocenters. The predicted molar refractivity (Wildman–Crippen MR) is 202 cm³/mol. The summed E-state index contributed by atoms with van der Waals surface area (Å²) in [6.07, 6.45) is 47.3. The van der Waals surface area contributed by atoms with Gasteiger partial charge < -0.3 is 10.4 Å². The van der Waals surface area contributed by atoms with Crippen molar-refractivity contribution >= 4 is 16.0 Å². The molecule has 0 aromatic rings. The lowest BCUT2D eigenvalue weighted by Gasteiger charge is -2.21. The molecule has 0 aromatic carbocycles. The average Bonchev–Trinajstić information content (AvgIpc) is 3.03. The quantitative estimate of drug-likeness (QED) is 0.0374. The van der Waals surface area contributed by atoms with E-state index in [1.165, 1.54) is 63.9 Å². The molecule has 0 aliphatic rings. The summed E-state index contributed by atoms with van der Waals surface area (Å²) in [5, 5.41) is 13.2. The van der Waals surface area contributed by atoms with E-state index < -0.39 is 28.0 Å². The molecule has 0 saturated heterocycles. The zero-order valence-corrected chi connectivity index (χ0v) is 30.7. The van der Waals surface area contributed by atoms with Gasteiger partial charge in [0, 0.05) is 6.42 Å². The fourth-order valence-corrected chi connectivity index (χ4v) is 5.86. The molecule has 0 radical (unpaired) electrons. The van der Waals surface area contributed by atoms with E-state index in [0.717, 1.165) is 70.6 Å². The molecule has 47 heavy (non-hydrogen) atoms. The van der Waals surface area contributed by atoms with Gasteiger partial charge in [-0.05, 0) is 64.2 Å². The van der Waals surface area contributed by atoms with Gasteiger partial charge in [0.15, 0.2) is 0 Å². The third kappa shape index (κ3) is 34.9. The first-order valence-electron chi connectivity index (χ1n) is 18.6. The van der Waals surface area contributed by atoms with Crippen LogP contribution in [-0.2, 0) is 14.9 Å². The van der Waals surface area contributed by atoms with Crippen molar-refractivity contribution in [3.8, 4) is 0 Å². The van der Waals surface area contributed by atoms with Crippen molar-refractivity contribution < 1.29 is 22.9 Å². The monoisotopic (exact) mass is 675 g/mol. The van der Waals surface area contributed by atoms with E-state index in [9.17, 15) is 22.9 Å². The molecule has 2 unspecified atom stereocenters. The van der Waals surface area contributed by atoms with E-state index in [1.54, 1.807) is 0 Å². The lowest BCUT2D eigenvalue weighted by molar-refractivity contribution is -0.122. The number of hydrogen-bond acceptors (Lipinski definition) is 4. The first kappa shape index (κ1) is 44.8. The number of carbonyl (C=O) groups is 1. The lowest BCUT2D eigenvalue weighted by atomic mass is 10.0. The van der Waals surface area contributed by atoms with Gasteiger partial charge in [0.05, 0.1) is 17.9 Å². The molecule has 0 aliphatic heterocycles. The maximum Gasteiger partial charge on any atom is 0.267 e. The van der Waals surface area contributed by atoms with Gasteiger partial charge in [-0.2, -0.15) is 8.42 Å². The van der Waals surface area contributed by atoms with E-state index in [1.807, 2.05) is 6.08 Å². The van der Waals surface area contributed by atoms with Crippen LogP contribution in [0, 0.1) is 0 Å². The number of aliphatic hydroxyl groups excluding tert-OH is 1. The van der Waals surface area contributed by atoms with Crippen LogP contribution in [0.15, 0.2) is 72.9 Å². The summed E-state index contributed by atoms with van der Waals surface area (Å²) >= 11 is 0. The molecule has 3 N–H and O–H groups in total. The van der Waals surface area contributed by atoms with Gasteiger partial charge in [-0.3, -0.25) is 9.35 Å². The second-order valence-corrected chi connectivity index (χ2v) is 14.0. The van der Waals surface area contributed by atoms with Crippen molar-refractivity contribution in [2.75, 3.05) is 5.75 Å². The summed E-state index contributed by atoms with van der Waals surface area (Å²) in [6, 6.07) is -1.08. The van der Waals surface area contributed by atoms with Crippen LogP contribution in [0.1, 0.15) is 155 Å². The summed E-state index contributed by atoms with van der Waals surface area (Å²) in [5.74, 6) is -1.03. The van der Waals surface area contributed by atoms with Crippen LogP contribution < -0.4 is 5.32 Å². The number of aliphatic hydroxyl groups is 1. The van der Waals surface area contributed by atoms with Crippen molar-refractivity contribution in [1.29, 1.82) is 0 Å². The second kappa shape index (κ2) is 33.7. The van der Waals surface area contributed by atoms with Gasteiger partial charge in [0.1, 0.15) is 0 Å². The van der Waals surface area contributed by atoms with Crippen molar-refractivity contribution in [3.05, 3.63) is 72.9 Å². The molecule has 0 aliphatic carbocycles. The van der Waals surface area contributed by atoms with Gasteiger partial charge in [-0.15, -0.1) is 0 Å². The third-order valence-electron chi connectivity index (χ3n) is 7.89. The normalized spacial score (nSPS) is 14.2. The first-order valence-corrected chi connectivity index (χ1v) is 20.2. The first-order chi connectivity index (χ1) is 22.8. The summed E-state index contributed by atoms with van der Waals surface area (Å²) in [4.78, 5) is 12.5. The fourth-order valence-electron chi connectivity index (χ4n) is 5.12. The molecule has 270 valence electrons. The van der Waals surface area contributed by atoms with Crippen LogP contribution in [0.5, 0.6) is 0 Å². The molecule has 7 heteroatoms. The molecule has 0 heterocycles. The minimum atomic E-state index is -4.35. The Bertz CT molecular complexity index is 1010. The Morgan fingerprint density at radius 3 is 1.51 bits per heavy atom. The average molecular weight is 676 g/mol. The summed E-state index contributed by atoms with van der Waals surface area (Å²) in [7, 11) is -4.35. The van der Waals surface area contributed by atoms with E-state index in [4.69, 9.17) is 0 Å². The Morgan fingerprint density at radius 2 is 1.02 bits per heavy atom. The Balaban J connectivity index is 4.08. The maximum atomic E-state index is 12.5. The molecule has 0 spiro atoms. The standard InChI is InChI=1S/C40H69NO5S/c1-3-5-7-9-11-13-15-17-18-19-20-21-22-24-26-28-30-32-34-36-40(43)41-38(37-47(44,45)46)39(42)35-33-31-29-27-25-23-16-14-12-10-8-6-4-2/h5,7,11,13,17-18,20-21,24,26,33,35,38-39,42H,3-4,6,8-10,12,14-16,19,22-23,25,27-32,34,36-37H2,1-2H3,(H,41,43)(H,44,45,46)/b7-5-,13-11-,18-17-,21-20-,26-24-,35-33+. The second-order valence-electron chi connectivity index (χ2n) is 12.5. The highest BCUT2D eigenvalue weighted by Crippen LogP contribution is 2.13. The van der Waals surface area contributed by atoms with Gasteiger partial charge >= 0.3 is 0 Å². The zero-order valence-electron chi connectivity index (χ0n) is 29.9. The van der Waals surface area contributed by atoms with Gasteiger partial charge in [0.2, 0.25) is 5.91 Å². The molecule has 0 fully saturated rings. The largest absolute Gasteiger partial charge is 0.387 e. The number of carbonyl (C=O) groups excluding carboxylic acids is 1. The van der Waals surface area contributed by atoms with E-state index in [0.29, 0.717) is 6.42 Å². The number of allylic oxidation sites excluding steroid dienone is 11.